The molecule has 30 heavy (non-hydrogen) atoms. The molecule has 0 saturated heterocycles. The van der Waals surface area contributed by atoms with Crippen LogP contribution in [-0.2, 0) is 0 Å². The van der Waals surface area contributed by atoms with Gasteiger partial charge in [-0.15, -0.1) is 0 Å². The van der Waals surface area contributed by atoms with Crippen LogP contribution in [0, 0.1) is 0 Å². The summed E-state index contributed by atoms with van der Waals surface area (Å²) in [5.41, 5.74) is -3.62. The third-order valence-corrected chi connectivity index (χ3v) is 17.5. The second-order valence-corrected chi connectivity index (χ2v) is 19.5. The molecular formula is C26H22P2Se2. The Morgan fingerprint density at radius 3 is 0.767 bits per heavy atom. The summed E-state index contributed by atoms with van der Waals surface area (Å²) >= 11 is 7.25. The molecule has 0 fully saturated rings. The fraction of sp³-hybridized carbons (Fsp3) is 0. The topological polar surface area (TPSA) is 0 Å². The van der Waals surface area contributed by atoms with Crippen LogP contribution in [0.25, 0.3) is 0 Å². The average molecular weight is 554 g/mol. The van der Waals surface area contributed by atoms with E-state index in [4.69, 9.17) is 0 Å². The molecule has 0 aromatic heterocycles. The summed E-state index contributed by atoms with van der Waals surface area (Å²) in [4.78, 5) is 0. The molecule has 4 aromatic rings. The summed E-state index contributed by atoms with van der Waals surface area (Å²) in [5, 5.41) is 5.39. The number of hydrogen-bond acceptors (Lipinski definition) is 0. The summed E-state index contributed by atoms with van der Waals surface area (Å²) in [7, 11) is 0. The zero-order valence-corrected chi connectivity index (χ0v) is 21.6. The van der Waals surface area contributed by atoms with Crippen LogP contribution < -0.4 is 21.2 Å². The predicted molar refractivity (Wildman–Crippen MR) is 139 cm³/mol. The molecule has 0 N–H and O–H groups in total. The van der Waals surface area contributed by atoms with Gasteiger partial charge in [-0.2, -0.15) is 0 Å². The molecule has 0 aliphatic rings. The van der Waals surface area contributed by atoms with E-state index in [9.17, 15) is 0 Å². The molecule has 4 rings (SSSR count). The van der Waals surface area contributed by atoms with E-state index in [2.05, 4.69) is 163 Å². The van der Waals surface area contributed by atoms with Crippen molar-refractivity contribution in [1.29, 1.82) is 0 Å². The van der Waals surface area contributed by atoms with Gasteiger partial charge >= 0.3 is 195 Å². The van der Waals surface area contributed by atoms with E-state index < -0.39 is 11.0 Å². The Hall–Kier alpha value is -1.48. The molecule has 0 bridgehead atoms. The van der Waals surface area contributed by atoms with Gasteiger partial charge in [-0.25, -0.2) is 0 Å². The standard InChI is InChI=1S/C26H22P2Se2/c29-27(23-13-5-1-6-14-23,24-15-7-2-8-16-24)21-22-28(30,25-17-9-3-10-18-25)26-19-11-4-12-20-26/h1-22H/b22-21-. The Morgan fingerprint density at radius 1 is 0.367 bits per heavy atom. The van der Waals surface area contributed by atoms with E-state index in [1.807, 2.05) is 0 Å². The van der Waals surface area contributed by atoms with Crippen molar-refractivity contribution in [3.8, 4) is 0 Å². The van der Waals surface area contributed by atoms with E-state index in [0.717, 1.165) is 0 Å². The first-order valence-corrected chi connectivity index (χ1v) is 17.9. The van der Waals surface area contributed by atoms with Crippen molar-refractivity contribution < 1.29 is 0 Å². The molecule has 0 amide bonds. The fourth-order valence-corrected chi connectivity index (χ4v) is 13.8. The Morgan fingerprint density at radius 2 is 0.567 bits per heavy atom. The van der Waals surface area contributed by atoms with E-state index in [1.54, 1.807) is 0 Å². The van der Waals surface area contributed by atoms with Crippen LogP contribution in [0.3, 0.4) is 0 Å². The average Bonchev–Trinajstić information content (AvgIpc) is 2.84. The van der Waals surface area contributed by atoms with Crippen molar-refractivity contribution in [3.63, 3.8) is 0 Å². The van der Waals surface area contributed by atoms with Gasteiger partial charge in [-0.3, -0.25) is 0 Å². The van der Waals surface area contributed by atoms with Crippen LogP contribution in [0.4, 0.5) is 0 Å². The van der Waals surface area contributed by atoms with E-state index in [1.165, 1.54) is 21.2 Å². The fourth-order valence-electron chi connectivity index (χ4n) is 3.43. The maximum atomic E-state index is 3.63. The normalized spacial score (nSPS) is 12.1. The molecule has 0 spiro atoms. The first kappa shape index (κ1) is 21.7. The molecule has 0 heterocycles. The second-order valence-electron chi connectivity index (χ2n) is 6.96. The van der Waals surface area contributed by atoms with Crippen LogP contribution in [0.5, 0.6) is 0 Å². The Bertz CT molecular complexity index is 1030. The zero-order chi connectivity index (χ0) is 20.9. The number of rotatable bonds is 6. The molecule has 0 aliphatic heterocycles. The van der Waals surface area contributed by atoms with Crippen molar-refractivity contribution in [2.75, 3.05) is 0 Å². The first-order valence-electron chi connectivity index (χ1n) is 9.75. The maximum absolute atomic E-state index is 3.63. The van der Waals surface area contributed by atoms with Crippen LogP contribution in [0.1, 0.15) is 0 Å². The van der Waals surface area contributed by atoms with E-state index in [0.29, 0.717) is 0 Å². The summed E-state index contributed by atoms with van der Waals surface area (Å²) in [6.45, 7) is 0. The van der Waals surface area contributed by atoms with Crippen molar-refractivity contribution in [3.05, 3.63) is 133 Å². The van der Waals surface area contributed by atoms with Gasteiger partial charge in [0.25, 0.3) is 0 Å². The summed E-state index contributed by atoms with van der Waals surface area (Å²) in [6.07, 6.45) is 0. The first-order chi connectivity index (χ1) is 14.6. The van der Waals surface area contributed by atoms with Crippen LogP contribution >= 0.6 is 11.0 Å². The molecule has 0 nitrogen and oxygen atoms in total. The number of benzene rings is 4. The van der Waals surface area contributed by atoms with Crippen molar-refractivity contribution >= 4 is 62.4 Å². The van der Waals surface area contributed by atoms with Gasteiger partial charge in [0, 0.05) is 0 Å². The minimum absolute atomic E-state index is 1.35. The monoisotopic (exact) mass is 556 g/mol. The zero-order valence-electron chi connectivity index (χ0n) is 16.4. The van der Waals surface area contributed by atoms with E-state index in [-0.39, 0.29) is 0 Å². The van der Waals surface area contributed by atoms with Gasteiger partial charge < -0.3 is 0 Å². The molecule has 4 heteroatoms. The Labute approximate surface area is 194 Å². The van der Waals surface area contributed by atoms with Crippen LogP contribution in [0.2, 0.25) is 0 Å². The van der Waals surface area contributed by atoms with Gasteiger partial charge in [0.15, 0.2) is 0 Å². The molecule has 0 aliphatic carbocycles. The molecule has 0 atom stereocenters. The summed E-state index contributed by atoms with van der Waals surface area (Å²) < 4.78 is 0. The number of hydrogen-bond donors (Lipinski definition) is 0. The molecule has 0 saturated carbocycles. The minimum atomic E-state index is -1.81. The van der Waals surface area contributed by atoms with E-state index >= 15 is 0 Å². The Kier molecular flexibility index (Phi) is 7.08. The van der Waals surface area contributed by atoms with Crippen molar-refractivity contribution in [2.24, 2.45) is 0 Å². The van der Waals surface area contributed by atoms with Gasteiger partial charge in [-0.1, -0.05) is 0 Å². The third kappa shape index (κ3) is 4.56. The predicted octanol–water partition coefficient (Wildman–Crippen LogP) is 4.96. The van der Waals surface area contributed by atoms with Gasteiger partial charge in [0.1, 0.15) is 0 Å². The van der Waals surface area contributed by atoms with Crippen molar-refractivity contribution in [1.82, 2.24) is 0 Å². The molecular weight excluding hydrogens is 532 g/mol. The van der Waals surface area contributed by atoms with Crippen molar-refractivity contribution in [2.45, 2.75) is 0 Å². The second kappa shape index (κ2) is 9.76. The van der Waals surface area contributed by atoms with Gasteiger partial charge in [-0.05, 0) is 0 Å². The third-order valence-electron chi connectivity index (χ3n) is 5.05. The summed E-state index contributed by atoms with van der Waals surface area (Å²) in [6, 6.07) is 43.3. The summed E-state index contributed by atoms with van der Waals surface area (Å²) in [5.74, 6) is 4.92. The van der Waals surface area contributed by atoms with Crippen LogP contribution in [-0.4, -0.2) is 30.2 Å². The molecule has 4 aromatic carbocycles. The Balaban J connectivity index is 1.90. The van der Waals surface area contributed by atoms with Crippen LogP contribution in [0.15, 0.2) is 133 Å². The quantitative estimate of drug-likeness (QED) is 0.234. The van der Waals surface area contributed by atoms with Gasteiger partial charge in [0.2, 0.25) is 0 Å². The molecule has 0 unspecified atom stereocenters. The van der Waals surface area contributed by atoms with Gasteiger partial charge in [0.05, 0.1) is 0 Å². The SMILES string of the molecule is [Se]=P(/C=C\P(=[Se])(c1ccccc1)c1ccccc1)(c1ccccc1)c1ccccc1. The molecule has 148 valence electrons. The molecule has 0 radical (unpaired) electrons.